The van der Waals surface area contributed by atoms with Crippen LogP contribution in [-0.2, 0) is 9.84 Å². The number of pyridine rings is 1. The van der Waals surface area contributed by atoms with E-state index in [1.54, 1.807) is 12.1 Å². The molecule has 22 heavy (non-hydrogen) atoms. The summed E-state index contributed by atoms with van der Waals surface area (Å²) in [5, 5.41) is 2.89. The Morgan fingerprint density at radius 1 is 1.50 bits per heavy atom. The van der Waals surface area contributed by atoms with Crippen molar-refractivity contribution in [1.82, 2.24) is 10.3 Å². The molecule has 2 unspecified atom stereocenters. The second-order valence-corrected chi connectivity index (χ2v) is 8.08. The summed E-state index contributed by atoms with van der Waals surface area (Å²) < 4.78 is 23.1. The van der Waals surface area contributed by atoms with E-state index in [-0.39, 0.29) is 29.5 Å². The Balaban J connectivity index is 2.04. The largest absolute Gasteiger partial charge is 0.356 e. The summed E-state index contributed by atoms with van der Waals surface area (Å²) in [6, 6.07) is 3.56. The fourth-order valence-electron chi connectivity index (χ4n) is 2.41. The predicted molar refractivity (Wildman–Crippen MR) is 86.9 cm³/mol. The van der Waals surface area contributed by atoms with Gasteiger partial charge in [0.15, 0.2) is 9.84 Å². The Morgan fingerprint density at radius 3 is 2.73 bits per heavy atom. The fourth-order valence-corrected chi connectivity index (χ4v) is 4.18. The summed E-state index contributed by atoms with van der Waals surface area (Å²) >= 11 is 0. The first kappa shape index (κ1) is 16.7. The van der Waals surface area contributed by atoms with Crippen LogP contribution in [-0.4, -0.2) is 49.9 Å². The van der Waals surface area contributed by atoms with Crippen molar-refractivity contribution in [1.29, 1.82) is 0 Å². The third-order valence-corrected chi connectivity index (χ3v) is 5.87. The molecule has 122 valence electrons. The van der Waals surface area contributed by atoms with Crippen LogP contribution in [0.15, 0.2) is 18.3 Å². The molecule has 0 aromatic carbocycles. The lowest BCUT2D eigenvalue weighted by molar-refractivity contribution is 0.0939. The lowest BCUT2D eigenvalue weighted by atomic mass is 10.2. The van der Waals surface area contributed by atoms with Crippen molar-refractivity contribution < 1.29 is 13.2 Å². The number of sulfone groups is 1. The molecule has 0 aliphatic carbocycles. The molecule has 6 nitrogen and oxygen atoms in total. The summed E-state index contributed by atoms with van der Waals surface area (Å²) in [4.78, 5) is 18.2. The lowest BCUT2D eigenvalue weighted by Crippen LogP contribution is -2.34. The summed E-state index contributed by atoms with van der Waals surface area (Å²) in [7, 11) is -1.08. The highest BCUT2D eigenvalue weighted by molar-refractivity contribution is 7.91. The number of carbonyl (C=O) groups is 1. The minimum atomic E-state index is -2.92. The van der Waals surface area contributed by atoms with Crippen LogP contribution < -0.4 is 10.2 Å². The average Bonchev–Trinajstić information content (AvgIpc) is 2.86. The van der Waals surface area contributed by atoms with Gasteiger partial charge in [-0.15, -0.1) is 0 Å². The van der Waals surface area contributed by atoms with Gasteiger partial charge in [-0.05, 0) is 31.9 Å². The van der Waals surface area contributed by atoms with Crippen molar-refractivity contribution in [2.24, 2.45) is 0 Å². The molecule has 1 aromatic heterocycles. The van der Waals surface area contributed by atoms with Crippen molar-refractivity contribution in [3.05, 3.63) is 23.9 Å². The van der Waals surface area contributed by atoms with Gasteiger partial charge in [0.2, 0.25) is 0 Å². The van der Waals surface area contributed by atoms with E-state index in [0.717, 1.165) is 6.42 Å². The molecule has 2 rings (SSSR count). The minimum Gasteiger partial charge on any atom is -0.356 e. The Bertz CT molecular complexity index is 628. The molecule has 2 atom stereocenters. The number of hydrogen-bond donors (Lipinski definition) is 1. The van der Waals surface area contributed by atoms with Crippen molar-refractivity contribution >= 4 is 21.6 Å². The maximum Gasteiger partial charge on any atom is 0.253 e. The van der Waals surface area contributed by atoms with Crippen LogP contribution in [0.25, 0.3) is 0 Å². The zero-order chi connectivity index (χ0) is 16.3. The first-order chi connectivity index (χ1) is 10.3. The van der Waals surface area contributed by atoms with Gasteiger partial charge in [-0.2, -0.15) is 0 Å². The average molecular weight is 325 g/mol. The third kappa shape index (κ3) is 3.97. The molecule has 0 saturated carbocycles. The van der Waals surface area contributed by atoms with Crippen molar-refractivity contribution in [3.8, 4) is 0 Å². The standard InChI is InChI=1S/C15H23N3O3S/c1-4-11(2)17-15(19)12-5-6-14(16-9-12)18(3)13-7-8-22(20,21)10-13/h5-6,9,11,13H,4,7-8,10H2,1-3H3,(H,17,19). The number of carbonyl (C=O) groups excluding carboxylic acids is 1. The third-order valence-electron chi connectivity index (χ3n) is 4.12. The van der Waals surface area contributed by atoms with E-state index in [9.17, 15) is 13.2 Å². The molecule has 1 N–H and O–H groups in total. The molecular formula is C15H23N3O3S. The van der Waals surface area contributed by atoms with Gasteiger partial charge in [-0.3, -0.25) is 4.79 Å². The van der Waals surface area contributed by atoms with E-state index in [0.29, 0.717) is 17.8 Å². The Hall–Kier alpha value is -1.63. The van der Waals surface area contributed by atoms with Gasteiger partial charge in [0, 0.05) is 25.3 Å². The molecule has 0 radical (unpaired) electrons. The van der Waals surface area contributed by atoms with Gasteiger partial charge in [-0.25, -0.2) is 13.4 Å². The summed E-state index contributed by atoms with van der Waals surface area (Å²) in [5.74, 6) is 0.945. The van der Waals surface area contributed by atoms with Crippen LogP contribution in [0.5, 0.6) is 0 Å². The molecule has 1 aliphatic rings. The second kappa shape index (κ2) is 6.64. The van der Waals surface area contributed by atoms with Gasteiger partial charge in [-0.1, -0.05) is 6.92 Å². The van der Waals surface area contributed by atoms with Crippen LogP contribution in [0.4, 0.5) is 5.82 Å². The first-order valence-corrected chi connectivity index (χ1v) is 9.34. The number of nitrogens with one attached hydrogen (secondary N) is 1. The number of hydrogen-bond acceptors (Lipinski definition) is 5. The van der Waals surface area contributed by atoms with Crippen LogP contribution in [0.3, 0.4) is 0 Å². The molecule has 2 heterocycles. The SMILES string of the molecule is CCC(C)NC(=O)c1ccc(N(C)C2CCS(=O)(=O)C2)nc1. The van der Waals surface area contributed by atoms with E-state index in [4.69, 9.17) is 0 Å². The van der Waals surface area contributed by atoms with Crippen LogP contribution in [0, 0.1) is 0 Å². The Labute approximate surface area is 131 Å². The van der Waals surface area contributed by atoms with Gasteiger partial charge in [0.1, 0.15) is 5.82 Å². The van der Waals surface area contributed by atoms with E-state index in [2.05, 4.69) is 10.3 Å². The quantitative estimate of drug-likeness (QED) is 0.881. The van der Waals surface area contributed by atoms with Gasteiger partial charge < -0.3 is 10.2 Å². The smallest absolute Gasteiger partial charge is 0.253 e. The highest BCUT2D eigenvalue weighted by Gasteiger charge is 2.31. The number of amides is 1. The first-order valence-electron chi connectivity index (χ1n) is 7.52. The molecule has 1 aliphatic heterocycles. The number of nitrogens with zero attached hydrogens (tertiary/aromatic N) is 2. The summed E-state index contributed by atoms with van der Waals surface area (Å²) in [6.45, 7) is 3.96. The summed E-state index contributed by atoms with van der Waals surface area (Å²) in [5.41, 5.74) is 0.511. The lowest BCUT2D eigenvalue weighted by Gasteiger charge is -2.24. The molecule has 0 bridgehead atoms. The van der Waals surface area contributed by atoms with E-state index >= 15 is 0 Å². The predicted octanol–water partition coefficient (Wildman–Crippen LogP) is 1.23. The summed E-state index contributed by atoms with van der Waals surface area (Å²) in [6.07, 6.45) is 3.03. The topological polar surface area (TPSA) is 79.4 Å². The van der Waals surface area contributed by atoms with Gasteiger partial charge in [0.25, 0.3) is 5.91 Å². The minimum absolute atomic E-state index is 0.0442. The normalized spacial score (nSPS) is 21.3. The maximum atomic E-state index is 12.0. The van der Waals surface area contributed by atoms with Crippen molar-refractivity contribution in [2.75, 3.05) is 23.5 Å². The molecule has 1 aromatic rings. The van der Waals surface area contributed by atoms with Crippen molar-refractivity contribution in [3.63, 3.8) is 0 Å². The molecule has 1 fully saturated rings. The highest BCUT2D eigenvalue weighted by atomic mass is 32.2. The molecule has 1 amide bonds. The zero-order valence-corrected chi connectivity index (χ0v) is 14.1. The Kier molecular flexibility index (Phi) is 5.05. The monoisotopic (exact) mass is 325 g/mol. The molecule has 7 heteroatoms. The molecule has 0 spiro atoms. The van der Waals surface area contributed by atoms with Crippen LogP contribution in [0.1, 0.15) is 37.0 Å². The van der Waals surface area contributed by atoms with E-state index in [1.165, 1.54) is 6.20 Å². The molecule has 1 saturated heterocycles. The van der Waals surface area contributed by atoms with Crippen LogP contribution in [0.2, 0.25) is 0 Å². The van der Waals surface area contributed by atoms with Crippen LogP contribution >= 0.6 is 0 Å². The number of anilines is 1. The maximum absolute atomic E-state index is 12.0. The fraction of sp³-hybridized carbons (Fsp3) is 0.600. The number of rotatable bonds is 5. The highest BCUT2D eigenvalue weighted by Crippen LogP contribution is 2.21. The van der Waals surface area contributed by atoms with Gasteiger partial charge >= 0.3 is 0 Å². The molecular weight excluding hydrogens is 302 g/mol. The Morgan fingerprint density at radius 2 is 2.23 bits per heavy atom. The van der Waals surface area contributed by atoms with E-state index < -0.39 is 9.84 Å². The number of aromatic nitrogens is 1. The van der Waals surface area contributed by atoms with Crippen molar-refractivity contribution in [2.45, 2.75) is 38.8 Å². The van der Waals surface area contributed by atoms with E-state index in [1.807, 2.05) is 25.8 Å². The second-order valence-electron chi connectivity index (χ2n) is 5.86. The van der Waals surface area contributed by atoms with Gasteiger partial charge in [0.05, 0.1) is 17.1 Å². The zero-order valence-electron chi connectivity index (χ0n) is 13.2.